The molecule has 1 atom stereocenters. The molecule has 0 bridgehead atoms. The van der Waals surface area contributed by atoms with Gasteiger partial charge in [0.15, 0.2) is 0 Å². The number of hydrogen-bond acceptors (Lipinski definition) is 4. The summed E-state index contributed by atoms with van der Waals surface area (Å²) in [5, 5.41) is 13.2. The molecule has 0 saturated carbocycles. The lowest BCUT2D eigenvalue weighted by Crippen LogP contribution is -2.12. The minimum absolute atomic E-state index is 0.00435. The lowest BCUT2D eigenvalue weighted by Gasteiger charge is -2.10. The van der Waals surface area contributed by atoms with Gasteiger partial charge in [0.1, 0.15) is 0 Å². The summed E-state index contributed by atoms with van der Waals surface area (Å²) in [4.78, 5) is 11.3. The van der Waals surface area contributed by atoms with Crippen molar-refractivity contribution in [3.8, 4) is 0 Å². The first-order valence-corrected chi connectivity index (χ1v) is 6.08. The molecule has 1 heterocycles. The van der Waals surface area contributed by atoms with Gasteiger partial charge in [-0.3, -0.25) is 10.1 Å². The first-order chi connectivity index (χ1) is 8.09. The van der Waals surface area contributed by atoms with Crippen molar-refractivity contribution in [1.29, 1.82) is 0 Å². The molecule has 0 unspecified atom stereocenters. The lowest BCUT2D eigenvalue weighted by molar-refractivity contribution is -0.385. The van der Waals surface area contributed by atoms with E-state index >= 15 is 0 Å². The van der Waals surface area contributed by atoms with Gasteiger partial charge in [0.05, 0.1) is 16.5 Å². The Morgan fingerprint density at radius 3 is 2.76 bits per heavy atom. The van der Waals surface area contributed by atoms with E-state index in [0.29, 0.717) is 10.6 Å². The summed E-state index contributed by atoms with van der Waals surface area (Å²) in [5.41, 5.74) is 6.45. The zero-order chi connectivity index (χ0) is 12.4. The van der Waals surface area contributed by atoms with Crippen molar-refractivity contribution in [2.24, 2.45) is 5.73 Å². The SMILES string of the molecule is N[C@@H](c1cccs1)c1cc(Cl)ccc1[N+](=O)[O-]. The highest BCUT2D eigenvalue weighted by molar-refractivity contribution is 7.10. The van der Waals surface area contributed by atoms with Gasteiger partial charge in [-0.15, -0.1) is 11.3 Å². The predicted octanol–water partition coefficient (Wildman–Crippen LogP) is 3.36. The normalized spacial score (nSPS) is 12.4. The van der Waals surface area contributed by atoms with Crippen LogP contribution in [0.2, 0.25) is 5.02 Å². The van der Waals surface area contributed by atoms with Crippen LogP contribution in [0, 0.1) is 10.1 Å². The summed E-state index contributed by atoms with van der Waals surface area (Å²) in [6.45, 7) is 0. The van der Waals surface area contributed by atoms with Crippen LogP contribution in [0.25, 0.3) is 0 Å². The van der Waals surface area contributed by atoms with Gasteiger partial charge in [-0.05, 0) is 23.6 Å². The molecule has 0 aliphatic heterocycles. The quantitative estimate of drug-likeness (QED) is 0.685. The second-order valence-corrected chi connectivity index (χ2v) is 4.87. The molecule has 0 aliphatic carbocycles. The first kappa shape index (κ1) is 12.0. The van der Waals surface area contributed by atoms with Gasteiger partial charge in [-0.1, -0.05) is 17.7 Å². The number of rotatable bonds is 3. The Balaban J connectivity index is 2.50. The molecule has 0 amide bonds. The predicted molar refractivity (Wildman–Crippen MR) is 68.5 cm³/mol. The van der Waals surface area contributed by atoms with E-state index < -0.39 is 11.0 Å². The summed E-state index contributed by atoms with van der Waals surface area (Å²) in [6.07, 6.45) is 0. The molecular formula is C11H9ClN2O2S. The molecule has 0 fully saturated rings. The van der Waals surface area contributed by atoms with Crippen molar-refractivity contribution in [3.63, 3.8) is 0 Å². The Hall–Kier alpha value is -1.43. The molecule has 4 nitrogen and oxygen atoms in total. The maximum atomic E-state index is 10.9. The highest BCUT2D eigenvalue weighted by atomic mass is 35.5. The van der Waals surface area contributed by atoms with Crippen LogP contribution in [-0.2, 0) is 0 Å². The highest BCUT2D eigenvalue weighted by Gasteiger charge is 2.21. The number of nitrogens with zero attached hydrogens (tertiary/aromatic N) is 1. The molecular weight excluding hydrogens is 260 g/mol. The number of nitrogens with two attached hydrogens (primary N) is 1. The average molecular weight is 269 g/mol. The van der Waals surface area contributed by atoms with Gasteiger partial charge < -0.3 is 5.73 Å². The van der Waals surface area contributed by atoms with Crippen LogP contribution in [0.1, 0.15) is 16.5 Å². The average Bonchev–Trinajstić information content (AvgIpc) is 2.80. The van der Waals surface area contributed by atoms with Gasteiger partial charge in [0.25, 0.3) is 5.69 Å². The Bertz CT molecular complexity index is 542. The molecule has 1 aromatic heterocycles. The van der Waals surface area contributed by atoms with Gasteiger partial charge in [-0.2, -0.15) is 0 Å². The fourth-order valence-corrected chi connectivity index (χ4v) is 2.49. The molecule has 0 radical (unpaired) electrons. The Morgan fingerprint density at radius 2 is 2.18 bits per heavy atom. The second kappa shape index (κ2) is 4.83. The summed E-state index contributed by atoms with van der Waals surface area (Å²) < 4.78 is 0. The van der Waals surface area contributed by atoms with E-state index in [0.717, 1.165) is 4.88 Å². The monoisotopic (exact) mass is 268 g/mol. The number of benzene rings is 1. The second-order valence-electron chi connectivity index (χ2n) is 3.45. The van der Waals surface area contributed by atoms with Crippen LogP contribution in [-0.4, -0.2) is 4.92 Å². The molecule has 0 saturated heterocycles. The fourth-order valence-electron chi connectivity index (χ4n) is 1.56. The Morgan fingerprint density at radius 1 is 1.41 bits per heavy atom. The van der Waals surface area contributed by atoms with Gasteiger partial charge in [0, 0.05) is 16.0 Å². The molecule has 88 valence electrons. The van der Waals surface area contributed by atoms with E-state index in [1.807, 2.05) is 17.5 Å². The smallest absolute Gasteiger partial charge is 0.274 e. The largest absolute Gasteiger partial charge is 0.319 e. The van der Waals surface area contributed by atoms with Crippen molar-refractivity contribution in [2.75, 3.05) is 0 Å². The van der Waals surface area contributed by atoms with Crippen LogP contribution in [0.15, 0.2) is 35.7 Å². The topological polar surface area (TPSA) is 69.2 Å². The van der Waals surface area contributed by atoms with Crippen molar-refractivity contribution in [3.05, 3.63) is 61.3 Å². The van der Waals surface area contributed by atoms with E-state index in [1.165, 1.54) is 23.5 Å². The van der Waals surface area contributed by atoms with Crippen LogP contribution in [0.3, 0.4) is 0 Å². The number of nitro benzene ring substituents is 1. The summed E-state index contributed by atoms with van der Waals surface area (Å²) in [6, 6.07) is 7.60. The van der Waals surface area contributed by atoms with Crippen LogP contribution in [0.5, 0.6) is 0 Å². The molecule has 1 aromatic carbocycles. The van der Waals surface area contributed by atoms with Crippen LogP contribution < -0.4 is 5.73 Å². The third kappa shape index (κ3) is 2.46. The van der Waals surface area contributed by atoms with Crippen LogP contribution >= 0.6 is 22.9 Å². The zero-order valence-corrected chi connectivity index (χ0v) is 10.2. The van der Waals surface area contributed by atoms with Gasteiger partial charge >= 0.3 is 0 Å². The standard InChI is InChI=1S/C11H9ClN2O2S/c12-7-3-4-9(14(15)16)8(6-7)11(13)10-2-1-5-17-10/h1-6,11H,13H2/t11-/m1/s1. The fraction of sp³-hybridized carbons (Fsp3) is 0.0909. The lowest BCUT2D eigenvalue weighted by atomic mass is 10.0. The number of thiophene rings is 1. The molecule has 0 aliphatic rings. The highest BCUT2D eigenvalue weighted by Crippen LogP contribution is 2.32. The van der Waals surface area contributed by atoms with Crippen molar-refractivity contribution >= 4 is 28.6 Å². The minimum Gasteiger partial charge on any atom is -0.319 e. The van der Waals surface area contributed by atoms with Crippen LogP contribution in [0.4, 0.5) is 5.69 Å². The zero-order valence-electron chi connectivity index (χ0n) is 8.67. The molecule has 6 heteroatoms. The first-order valence-electron chi connectivity index (χ1n) is 4.82. The van der Waals surface area contributed by atoms with E-state index in [-0.39, 0.29) is 5.69 Å². The summed E-state index contributed by atoms with van der Waals surface area (Å²) in [5.74, 6) is 0. The molecule has 0 spiro atoms. The summed E-state index contributed by atoms with van der Waals surface area (Å²) >= 11 is 7.31. The number of halogens is 1. The van der Waals surface area contributed by atoms with Crippen molar-refractivity contribution < 1.29 is 4.92 Å². The number of hydrogen-bond donors (Lipinski definition) is 1. The Labute approximate surface area is 107 Å². The van der Waals surface area contributed by atoms with Crippen molar-refractivity contribution in [2.45, 2.75) is 6.04 Å². The molecule has 17 heavy (non-hydrogen) atoms. The number of nitro groups is 1. The molecule has 2 rings (SSSR count). The van der Waals surface area contributed by atoms with Gasteiger partial charge in [-0.25, -0.2) is 0 Å². The van der Waals surface area contributed by atoms with E-state index in [9.17, 15) is 10.1 Å². The minimum atomic E-state index is -0.519. The maximum absolute atomic E-state index is 10.9. The van der Waals surface area contributed by atoms with E-state index in [1.54, 1.807) is 6.07 Å². The third-order valence-electron chi connectivity index (χ3n) is 2.37. The molecule has 2 N–H and O–H groups in total. The van der Waals surface area contributed by atoms with Crippen molar-refractivity contribution in [1.82, 2.24) is 0 Å². The van der Waals surface area contributed by atoms with Gasteiger partial charge in [0.2, 0.25) is 0 Å². The molecule has 2 aromatic rings. The summed E-state index contributed by atoms with van der Waals surface area (Å²) in [7, 11) is 0. The van der Waals surface area contributed by atoms with E-state index in [2.05, 4.69) is 0 Å². The van der Waals surface area contributed by atoms with E-state index in [4.69, 9.17) is 17.3 Å². The Kier molecular flexibility index (Phi) is 3.42. The third-order valence-corrected chi connectivity index (χ3v) is 3.56. The maximum Gasteiger partial charge on any atom is 0.274 e.